The number of halogens is 1. The van der Waals surface area contributed by atoms with Gasteiger partial charge in [0, 0.05) is 11.1 Å². The van der Waals surface area contributed by atoms with Crippen molar-refractivity contribution in [2.24, 2.45) is 0 Å². The van der Waals surface area contributed by atoms with Crippen LogP contribution in [0.15, 0.2) is 115 Å². The highest BCUT2D eigenvalue weighted by atomic mass is 31.1. The fourth-order valence-corrected chi connectivity index (χ4v) is 12.5. The first-order valence-corrected chi connectivity index (χ1v) is 20.7. The van der Waals surface area contributed by atoms with E-state index in [2.05, 4.69) is 34.6 Å². The van der Waals surface area contributed by atoms with Crippen molar-refractivity contribution in [1.29, 1.82) is 0 Å². The zero-order valence-corrected chi connectivity index (χ0v) is 31.9. The minimum atomic E-state index is -3.09. The first-order valence-electron chi connectivity index (χ1n) is 17.4. The molecule has 7 nitrogen and oxygen atoms in total. The third kappa shape index (κ3) is 8.97. The Morgan fingerprint density at radius 2 is 1.43 bits per heavy atom. The fourth-order valence-electron chi connectivity index (χ4n) is 6.75. The summed E-state index contributed by atoms with van der Waals surface area (Å²) in [5.74, 6) is -1.21. The molecule has 0 radical (unpaired) electrons. The summed E-state index contributed by atoms with van der Waals surface area (Å²) >= 11 is 0. The number of aromatic nitrogens is 2. The van der Waals surface area contributed by atoms with Crippen LogP contribution in [0.2, 0.25) is 5.04 Å². The molecule has 1 heterocycles. The third-order valence-electron chi connectivity index (χ3n) is 9.00. The molecule has 0 saturated heterocycles. The summed E-state index contributed by atoms with van der Waals surface area (Å²) in [4.78, 5) is 12.1. The minimum Gasteiger partial charge on any atom is -0.481 e. The quantitative estimate of drug-likeness (QED) is 0.0621. The van der Waals surface area contributed by atoms with Gasteiger partial charge in [-0.1, -0.05) is 113 Å². The molecule has 0 aliphatic carbocycles. The third-order valence-corrected chi connectivity index (χ3v) is 15.3. The van der Waals surface area contributed by atoms with E-state index >= 15 is 0 Å². The summed E-state index contributed by atoms with van der Waals surface area (Å²) in [5.41, 5.74) is 4.59. The van der Waals surface area contributed by atoms with Gasteiger partial charge >= 0.3 is 14.0 Å². The van der Waals surface area contributed by atoms with Gasteiger partial charge in [0.1, 0.15) is 18.5 Å². The summed E-state index contributed by atoms with van der Waals surface area (Å²) in [6.45, 7) is 10.8. The van der Waals surface area contributed by atoms with Gasteiger partial charge in [0.15, 0.2) is 0 Å². The second kappa shape index (κ2) is 16.8. The first kappa shape index (κ1) is 38.0. The molecule has 5 rings (SSSR count). The SMILES string of the molecule is CC(C)c1nn(-c2ccccc2)c(-c2ccc(F)cc2)c1CCCO[P+](=O)CC(CC(=O)O)O[Si](c1ccccc1)(c1ccccc1)C(C)(C)C. The molecule has 1 aromatic heterocycles. The maximum atomic E-state index is 14.0. The number of carboxylic acid groups (broad SMARTS) is 1. The molecule has 0 bridgehead atoms. The monoisotopic (exact) mass is 725 g/mol. The molecule has 10 heteroatoms. The number of nitrogens with zero attached hydrogens (tertiary/aromatic N) is 2. The van der Waals surface area contributed by atoms with Gasteiger partial charge in [-0.05, 0) is 75.1 Å². The molecule has 2 unspecified atom stereocenters. The molecule has 0 saturated carbocycles. The molecule has 0 aliphatic rings. The van der Waals surface area contributed by atoms with Crippen LogP contribution in [0.5, 0.6) is 0 Å². The second-order valence-electron chi connectivity index (χ2n) is 14.1. The Morgan fingerprint density at radius 3 is 1.94 bits per heavy atom. The van der Waals surface area contributed by atoms with Crippen LogP contribution in [0.25, 0.3) is 16.9 Å². The van der Waals surface area contributed by atoms with Crippen LogP contribution in [0, 0.1) is 5.82 Å². The van der Waals surface area contributed by atoms with Crippen molar-refractivity contribution in [2.75, 3.05) is 12.8 Å². The molecule has 266 valence electrons. The maximum absolute atomic E-state index is 14.0. The van der Waals surface area contributed by atoms with Crippen molar-refractivity contribution in [3.63, 3.8) is 0 Å². The topological polar surface area (TPSA) is 90.7 Å². The summed E-state index contributed by atoms with van der Waals surface area (Å²) in [6.07, 6.45) is -0.0380. The summed E-state index contributed by atoms with van der Waals surface area (Å²) in [5, 5.41) is 16.6. The maximum Gasteiger partial charge on any atom is 0.510 e. The molecule has 2 atom stereocenters. The zero-order chi connectivity index (χ0) is 36.6. The number of aliphatic carboxylic acids is 1. The van der Waals surface area contributed by atoms with Crippen molar-refractivity contribution in [3.8, 4) is 16.9 Å². The lowest BCUT2D eigenvalue weighted by molar-refractivity contribution is -0.138. The molecule has 0 fully saturated rings. The van der Waals surface area contributed by atoms with Crippen LogP contribution in [0.1, 0.15) is 64.6 Å². The Kier molecular flexibility index (Phi) is 12.5. The predicted octanol–water partition coefficient (Wildman–Crippen LogP) is 8.91. The smallest absolute Gasteiger partial charge is 0.481 e. The van der Waals surface area contributed by atoms with Crippen molar-refractivity contribution in [1.82, 2.24) is 9.78 Å². The average Bonchev–Trinajstić information content (AvgIpc) is 3.49. The molecule has 4 aromatic carbocycles. The van der Waals surface area contributed by atoms with Gasteiger partial charge in [0.25, 0.3) is 8.32 Å². The second-order valence-corrected chi connectivity index (χ2v) is 19.6. The lowest BCUT2D eigenvalue weighted by Crippen LogP contribution is -2.68. The molecule has 51 heavy (non-hydrogen) atoms. The number of benzene rings is 4. The molecule has 0 spiro atoms. The number of para-hydroxylation sites is 1. The number of carbonyl (C=O) groups is 1. The van der Waals surface area contributed by atoms with Gasteiger partial charge in [-0.15, -0.1) is 4.52 Å². The van der Waals surface area contributed by atoms with Crippen LogP contribution in [0.3, 0.4) is 0 Å². The van der Waals surface area contributed by atoms with E-state index in [9.17, 15) is 18.9 Å². The van der Waals surface area contributed by atoms with E-state index in [1.165, 1.54) is 12.1 Å². The highest BCUT2D eigenvalue weighted by Crippen LogP contribution is 2.39. The minimum absolute atomic E-state index is 0.0455. The number of carboxylic acids is 1. The van der Waals surface area contributed by atoms with Gasteiger partial charge in [0.05, 0.1) is 23.5 Å². The van der Waals surface area contributed by atoms with Crippen LogP contribution in [-0.2, 0) is 24.7 Å². The van der Waals surface area contributed by atoms with Gasteiger partial charge < -0.3 is 9.53 Å². The Bertz CT molecular complexity index is 1860. The highest BCUT2D eigenvalue weighted by molar-refractivity contribution is 7.39. The Morgan fingerprint density at radius 1 is 0.882 bits per heavy atom. The Labute approximate surface area is 302 Å². The van der Waals surface area contributed by atoms with E-state index in [1.807, 2.05) is 95.7 Å². The van der Waals surface area contributed by atoms with E-state index in [1.54, 1.807) is 12.1 Å². The van der Waals surface area contributed by atoms with E-state index in [-0.39, 0.29) is 36.0 Å². The van der Waals surface area contributed by atoms with Crippen molar-refractivity contribution in [3.05, 3.63) is 132 Å². The summed E-state index contributed by atoms with van der Waals surface area (Å²) < 4.78 is 42.4. The normalized spacial score (nSPS) is 13.0. The number of hydrogen-bond donors (Lipinski definition) is 1. The molecule has 0 amide bonds. The van der Waals surface area contributed by atoms with Crippen molar-refractivity contribution in [2.45, 2.75) is 70.9 Å². The zero-order valence-electron chi connectivity index (χ0n) is 30.0. The molecule has 0 aliphatic heterocycles. The first-order chi connectivity index (χ1) is 24.4. The lowest BCUT2D eigenvalue weighted by Gasteiger charge is -2.44. The van der Waals surface area contributed by atoms with Gasteiger partial charge in [-0.2, -0.15) is 5.10 Å². The summed E-state index contributed by atoms with van der Waals surface area (Å²) in [6, 6.07) is 36.3. The summed E-state index contributed by atoms with van der Waals surface area (Å²) in [7, 11) is -5.34. The van der Waals surface area contributed by atoms with E-state index < -0.39 is 28.4 Å². The Hall–Kier alpha value is -4.27. The van der Waals surface area contributed by atoms with Crippen LogP contribution >= 0.6 is 8.03 Å². The van der Waals surface area contributed by atoms with Gasteiger partial charge in [0.2, 0.25) is 6.16 Å². The van der Waals surface area contributed by atoms with E-state index in [0.717, 1.165) is 38.6 Å². The largest absolute Gasteiger partial charge is 0.510 e. The number of rotatable bonds is 16. The predicted molar refractivity (Wildman–Crippen MR) is 205 cm³/mol. The van der Waals surface area contributed by atoms with Crippen LogP contribution in [0.4, 0.5) is 4.39 Å². The van der Waals surface area contributed by atoms with Crippen molar-refractivity contribution < 1.29 is 27.8 Å². The average molecular weight is 726 g/mol. The lowest BCUT2D eigenvalue weighted by atomic mass is 9.97. The van der Waals surface area contributed by atoms with Crippen LogP contribution in [-0.4, -0.2) is 48.0 Å². The van der Waals surface area contributed by atoms with Crippen molar-refractivity contribution >= 4 is 32.7 Å². The molecular formula is C41H47FN2O5PSi+. The van der Waals surface area contributed by atoms with Gasteiger partial charge in [-0.25, -0.2) is 9.07 Å². The standard InChI is InChI=1S/C41H46FN2O5PSi/c1-30(2)39-37(40(31-23-25-32(42)26-24-31)44(43-39)33-16-9-6-10-17-33)22-15-27-48-50(47)29-34(28-38(45)46)49-51(41(3,4)5,35-18-11-7-12-19-35)36-20-13-8-14-21-36/h6-14,16-21,23-26,30,34H,15,22,27-29H2,1-5H3/p+1. The number of hydrogen-bond acceptors (Lipinski definition) is 5. The Balaban J connectivity index is 1.36. The molecule has 1 N–H and O–H groups in total. The molecule has 5 aromatic rings. The van der Waals surface area contributed by atoms with E-state index in [0.29, 0.717) is 12.8 Å². The van der Waals surface area contributed by atoms with Crippen LogP contribution < -0.4 is 10.4 Å². The highest BCUT2D eigenvalue weighted by Gasteiger charge is 2.52. The van der Waals surface area contributed by atoms with Gasteiger partial charge in [-0.3, -0.25) is 4.79 Å². The molecular weight excluding hydrogens is 679 g/mol. The fraction of sp³-hybridized carbons (Fsp3) is 0.317. The van der Waals surface area contributed by atoms with E-state index in [4.69, 9.17) is 14.0 Å².